The Hall–Kier alpha value is -3.08. The molecule has 0 saturated heterocycles. The van der Waals surface area contributed by atoms with Crippen molar-refractivity contribution in [2.75, 3.05) is 19.6 Å². The Morgan fingerprint density at radius 1 is 0.882 bits per heavy atom. The van der Waals surface area contributed by atoms with Crippen molar-refractivity contribution < 1.29 is 9.59 Å². The average molecular weight is 462 g/mol. The summed E-state index contributed by atoms with van der Waals surface area (Å²) in [5, 5.41) is 1.19. The number of aromatic amines is 1. The van der Waals surface area contributed by atoms with Crippen LogP contribution in [0.5, 0.6) is 0 Å². The molecule has 5 nitrogen and oxygen atoms in total. The molecule has 5 heteroatoms. The monoisotopic (exact) mass is 461 g/mol. The summed E-state index contributed by atoms with van der Waals surface area (Å²) >= 11 is 0. The van der Waals surface area contributed by atoms with Crippen molar-refractivity contribution in [3.63, 3.8) is 0 Å². The van der Waals surface area contributed by atoms with E-state index in [1.165, 1.54) is 16.5 Å². The third-order valence-corrected chi connectivity index (χ3v) is 6.35. The summed E-state index contributed by atoms with van der Waals surface area (Å²) in [6.45, 7) is 12.4. The van der Waals surface area contributed by atoms with E-state index in [1.54, 1.807) is 4.90 Å². The molecule has 0 unspecified atom stereocenters. The number of hydrogen-bond acceptors (Lipinski definition) is 2. The van der Waals surface area contributed by atoms with Crippen molar-refractivity contribution >= 4 is 22.7 Å². The highest BCUT2D eigenvalue weighted by molar-refractivity contribution is 5.85. The second-order valence-corrected chi connectivity index (χ2v) is 10.0. The molecule has 0 aliphatic rings. The summed E-state index contributed by atoms with van der Waals surface area (Å²) in [4.78, 5) is 32.7. The molecule has 182 valence electrons. The van der Waals surface area contributed by atoms with Crippen LogP contribution in [-0.4, -0.2) is 46.2 Å². The van der Waals surface area contributed by atoms with Gasteiger partial charge in [-0.2, -0.15) is 0 Å². The number of nitrogens with one attached hydrogen (secondary N) is 1. The minimum Gasteiger partial charge on any atom is -0.361 e. The van der Waals surface area contributed by atoms with Crippen LogP contribution in [0, 0.1) is 0 Å². The lowest BCUT2D eigenvalue weighted by molar-refractivity contribution is -0.140. The van der Waals surface area contributed by atoms with Crippen LogP contribution in [0.15, 0.2) is 54.7 Å². The minimum absolute atomic E-state index is 0.00464. The molecule has 0 bridgehead atoms. The van der Waals surface area contributed by atoms with E-state index in [0.29, 0.717) is 26.1 Å². The molecule has 0 radical (unpaired) electrons. The Morgan fingerprint density at radius 2 is 1.59 bits per heavy atom. The molecule has 0 fully saturated rings. The summed E-state index contributed by atoms with van der Waals surface area (Å²) < 4.78 is 0. The van der Waals surface area contributed by atoms with Gasteiger partial charge < -0.3 is 14.8 Å². The first-order valence-corrected chi connectivity index (χ1v) is 12.4. The molecule has 1 aromatic heterocycles. The molecule has 3 rings (SSSR count). The highest BCUT2D eigenvalue weighted by Gasteiger charge is 2.21. The maximum atomic E-state index is 13.4. The maximum Gasteiger partial charge on any atom is 0.242 e. The van der Waals surface area contributed by atoms with Crippen molar-refractivity contribution in [3.05, 3.63) is 71.4 Å². The van der Waals surface area contributed by atoms with Gasteiger partial charge in [0, 0.05) is 43.2 Å². The molecule has 0 saturated carbocycles. The number of fused-ring (bicyclic) bond motifs is 1. The van der Waals surface area contributed by atoms with Gasteiger partial charge in [-0.15, -0.1) is 0 Å². The van der Waals surface area contributed by atoms with Crippen LogP contribution in [-0.2, 0) is 28.0 Å². The molecule has 2 amide bonds. The molecule has 0 aliphatic carbocycles. The number of nitrogens with zero attached hydrogens (tertiary/aromatic N) is 2. The smallest absolute Gasteiger partial charge is 0.242 e. The minimum atomic E-state index is -0.00464. The van der Waals surface area contributed by atoms with Crippen molar-refractivity contribution in [1.29, 1.82) is 0 Å². The van der Waals surface area contributed by atoms with Crippen LogP contribution >= 0.6 is 0 Å². The Balaban J connectivity index is 1.79. The largest absolute Gasteiger partial charge is 0.361 e. The van der Waals surface area contributed by atoms with Gasteiger partial charge in [-0.25, -0.2) is 0 Å². The predicted octanol–water partition coefficient (Wildman–Crippen LogP) is 5.69. The zero-order chi connectivity index (χ0) is 24.7. The molecular formula is C29H39N3O2. The van der Waals surface area contributed by atoms with E-state index < -0.39 is 0 Å². The van der Waals surface area contributed by atoms with Gasteiger partial charge in [0.1, 0.15) is 0 Å². The van der Waals surface area contributed by atoms with E-state index in [0.717, 1.165) is 23.9 Å². The molecule has 0 spiro atoms. The summed E-state index contributed by atoms with van der Waals surface area (Å²) in [5.41, 5.74) is 4.77. The first-order chi connectivity index (χ1) is 16.2. The number of para-hydroxylation sites is 1. The molecule has 3 aromatic rings. The number of benzene rings is 2. The van der Waals surface area contributed by atoms with E-state index in [4.69, 9.17) is 0 Å². The zero-order valence-corrected chi connectivity index (χ0v) is 21.4. The number of carbonyl (C=O) groups excluding carboxylic acids is 2. The first kappa shape index (κ1) is 25.5. The molecular weight excluding hydrogens is 422 g/mol. The zero-order valence-electron chi connectivity index (χ0n) is 21.4. The van der Waals surface area contributed by atoms with Crippen molar-refractivity contribution in [2.24, 2.45) is 0 Å². The van der Waals surface area contributed by atoms with Crippen LogP contribution < -0.4 is 0 Å². The molecule has 2 aromatic carbocycles. The van der Waals surface area contributed by atoms with Gasteiger partial charge in [-0.05, 0) is 41.0 Å². The van der Waals surface area contributed by atoms with Crippen molar-refractivity contribution in [2.45, 2.75) is 65.8 Å². The van der Waals surface area contributed by atoms with Gasteiger partial charge in [0.25, 0.3) is 0 Å². The first-order valence-electron chi connectivity index (χ1n) is 12.4. The van der Waals surface area contributed by atoms with E-state index in [2.05, 4.69) is 62.2 Å². The maximum absolute atomic E-state index is 13.4. The third-order valence-electron chi connectivity index (χ3n) is 6.35. The number of H-pyrrole nitrogens is 1. The SMILES string of the molecule is CCCN(CC(=O)N(CCc1c[nH]c2ccccc12)Cc1ccc(C(C)(C)C)cc1)C(=O)CC. The van der Waals surface area contributed by atoms with Gasteiger partial charge >= 0.3 is 0 Å². The fourth-order valence-electron chi connectivity index (χ4n) is 4.27. The lowest BCUT2D eigenvalue weighted by atomic mass is 9.87. The van der Waals surface area contributed by atoms with Crippen LogP contribution in [0.25, 0.3) is 10.9 Å². The van der Waals surface area contributed by atoms with Gasteiger partial charge in [-0.1, -0.05) is 77.1 Å². The molecule has 1 N–H and O–H groups in total. The quantitative estimate of drug-likeness (QED) is 0.422. The number of rotatable bonds is 10. The highest BCUT2D eigenvalue weighted by Crippen LogP contribution is 2.23. The summed E-state index contributed by atoms with van der Waals surface area (Å²) in [6.07, 6.45) is 4.04. The van der Waals surface area contributed by atoms with Gasteiger partial charge in [0.05, 0.1) is 6.54 Å². The van der Waals surface area contributed by atoms with Crippen molar-refractivity contribution in [1.82, 2.24) is 14.8 Å². The van der Waals surface area contributed by atoms with Gasteiger partial charge in [0.2, 0.25) is 11.8 Å². The van der Waals surface area contributed by atoms with E-state index in [9.17, 15) is 9.59 Å². The van der Waals surface area contributed by atoms with Crippen LogP contribution in [0.4, 0.5) is 0 Å². The number of carbonyl (C=O) groups is 2. The van der Waals surface area contributed by atoms with Crippen molar-refractivity contribution in [3.8, 4) is 0 Å². The van der Waals surface area contributed by atoms with Crippen LogP contribution in [0.2, 0.25) is 0 Å². The number of amides is 2. The Labute approximate surface area is 204 Å². The fraction of sp³-hybridized carbons (Fsp3) is 0.448. The lowest BCUT2D eigenvalue weighted by Gasteiger charge is -2.28. The standard InChI is InChI=1S/C29H39N3O2/c1-6-17-31(27(33)7-2)21-28(34)32(20-22-12-14-24(15-13-22)29(3,4)5)18-16-23-19-30-26-11-9-8-10-25(23)26/h8-15,19,30H,6-7,16-18,20-21H2,1-5H3. The molecule has 0 aliphatic heterocycles. The number of hydrogen-bond donors (Lipinski definition) is 1. The molecule has 1 heterocycles. The molecule has 0 atom stereocenters. The summed E-state index contributed by atoms with van der Waals surface area (Å²) in [5.74, 6) is 0.0243. The summed E-state index contributed by atoms with van der Waals surface area (Å²) in [7, 11) is 0. The Kier molecular flexibility index (Phi) is 8.54. The lowest BCUT2D eigenvalue weighted by Crippen LogP contribution is -2.43. The second kappa shape index (κ2) is 11.4. The Morgan fingerprint density at radius 3 is 2.24 bits per heavy atom. The van der Waals surface area contributed by atoms with E-state index >= 15 is 0 Å². The van der Waals surface area contributed by atoms with Gasteiger partial charge in [-0.3, -0.25) is 9.59 Å². The Bertz CT molecular complexity index is 1090. The average Bonchev–Trinajstić information content (AvgIpc) is 3.23. The van der Waals surface area contributed by atoms with Crippen LogP contribution in [0.1, 0.15) is 64.2 Å². The summed E-state index contributed by atoms with van der Waals surface area (Å²) in [6, 6.07) is 16.8. The third kappa shape index (κ3) is 6.49. The predicted molar refractivity (Wildman–Crippen MR) is 140 cm³/mol. The number of aromatic nitrogens is 1. The van der Waals surface area contributed by atoms with E-state index in [1.807, 2.05) is 37.1 Å². The van der Waals surface area contributed by atoms with Gasteiger partial charge in [0.15, 0.2) is 0 Å². The van der Waals surface area contributed by atoms with Crippen LogP contribution in [0.3, 0.4) is 0 Å². The molecule has 34 heavy (non-hydrogen) atoms. The fourth-order valence-corrected chi connectivity index (χ4v) is 4.27. The second-order valence-electron chi connectivity index (χ2n) is 10.0. The topological polar surface area (TPSA) is 56.4 Å². The highest BCUT2D eigenvalue weighted by atomic mass is 16.2. The van der Waals surface area contributed by atoms with E-state index in [-0.39, 0.29) is 23.8 Å². The normalized spacial score (nSPS) is 11.6.